The van der Waals surface area contributed by atoms with Crippen molar-refractivity contribution in [3.8, 4) is 0 Å². The first kappa shape index (κ1) is 20.2. The summed E-state index contributed by atoms with van der Waals surface area (Å²) in [7, 11) is 0. The molecule has 0 aromatic heterocycles. The zero-order chi connectivity index (χ0) is 20.3. The van der Waals surface area contributed by atoms with E-state index in [1.54, 1.807) is 17.0 Å². The summed E-state index contributed by atoms with van der Waals surface area (Å²) in [6, 6.07) is 6.68. The first-order valence-electron chi connectivity index (χ1n) is 10.6. The molecule has 5 nitrogen and oxygen atoms in total. The fraction of sp³-hybridized carbons (Fsp3) is 0.565. The van der Waals surface area contributed by atoms with Crippen molar-refractivity contribution >= 4 is 11.6 Å². The number of nitrogens with zero attached hydrogens (tertiary/aromatic N) is 2. The van der Waals surface area contributed by atoms with Crippen LogP contribution in [-0.4, -0.2) is 48.6 Å². The zero-order valence-electron chi connectivity index (χ0n) is 17.0. The first-order chi connectivity index (χ1) is 14.0. The van der Waals surface area contributed by atoms with E-state index in [2.05, 4.69) is 4.99 Å². The Morgan fingerprint density at radius 1 is 1.24 bits per heavy atom. The number of carbonyl (C=O) groups excluding carboxylic acids is 1. The molecule has 1 saturated heterocycles. The van der Waals surface area contributed by atoms with Crippen molar-refractivity contribution < 1.29 is 18.7 Å². The number of halogens is 1. The molecule has 0 unspecified atom stereocenters. The van der Waals surface area contributed by atoms with E-state index in [1.165, 1.54) is 6.07 Å². The average molecular weight is 400 g/mol. The average Bonchev–Trinajstić information content (AvgIpc) is 3.37. The summed E-state index contributed by atoms with van der Waals surface area (Å²) in [6.45, 7) is 4.58. The molecule has 156 valence electrons. The molecule has 2 fully saturated rings. The van der Waals surface area contributed by atoms with Crippen molar-refractivity contribution in [3.05, 3.63) is 47.3 Å². The summed E-state index contributed by atoms with van der Waals surface area (Å²) < 4.78 is 25.8. The van der Waals surface area contributed by atoms with Gasteiger partial charge in [0.15, 0.2) is 5.79 Å². The first-order valence-corrected chi connectivity index (χ1v) is 10.6. The van der Waals surface area contributed by atoms with Crippen LogP contribution in [0.4, 0.5) is 4.39 Å². The molecule has 29 heavy (non-hydrogen) atoms. The summed E-state index contributed by atoms with van der Waals surface area (Å²) in [5.74, 6) is -0.139. The summed E-state index contributed by atoms with van der Waals surface area (Å²) in [6.07, 6.45) is 6.65. The molecule has 1 spiro atoms. The van der Waals surface area contributed by atoms with Gasteiger partial charge in [0.25, 0.3) is 5.91 Å². The number of allylic oxidation sites excluding steroid dienone is 1. The van der Waals surface area contributed by atoms with Crippen molar-refractivity contribution in [3.63, 3.8) is 0 Å². The summed E-state index contributed by atoms with van der Waals surface area (Å²) >= 11 is 0. The molecule has 0 N–H and O–H groups in total. The highest BCUT2D eigenvalue weighted by Crippen LogP contribution is 2.39. The molecule has 2 aliphatic heterocycles. The fourth-order valence-corrected chi connectivity index (χ4v) is 4.50. The van der Waals surface area contributed by atoms with Crippen LogP contribution in [0.25, 0.3) is 0 Å². The predicted molar refractivity (Wildman–Crippen MR) is 109 cm³/mol. The van der Waals surface area contributed by atoms with Gasteiger partial charge in [-0.05, 0) is 44.2 Å². The third-order valence-electron chi connectivity index (χ3n) is 6.25. The van der Waals surface area contributed by atoms with Crippen LogP contribution in [0, 0.1) is 11.7 Å². The number of hydrogen-bond donors (Lipinski definition) is 0. The summed E-state index contributed by atoms with van der Waals surface area (Å²) in [4.78, 5) is 19.2. The molecular formula is C23H29FN2O3. The fourth-order valence-electron chi connectivity index (χ4n) is 4.50. The maximum Gasteiger partial charge on any atom is 0.252 e. The van der Waals surface area contributed by atoms with Crippen molar-refractivity contribution in [1.29, 1.82) is 0 Å². The Morgan fingerprint density at radius 2 is 1.97 bits per heavy atom. The predicted octanol–water partition coefficient (Wildman–Crippen LogP) is 3.88. The summed E-state index contributed by atoms with van der Waals surface area (Å²) in [5, 5.41) is 0. The Kier molecular flexibility index (Phi) is 6.11. The molecule has 3 aliphatic rings. The maximum absolute atomic E-state index is 14.2. The lowest BCUT2D eigenvalue weighted by Crippen LogP contribution is -2.37. The molecule has 1 saturated carbocycles. The Labute approximate surface area is 171 Å². The van der Waals surface area contributed by atoms with E-state index >= 15 is 0 Å². The second-order valence-electron chi connectivity index (χ2n) is 8.28. The van der Waals surface area contributed by atoms with Crippen LogP contribution in [0.5, 0.6) is 0 Å². The highest BCUT2D eigenvalue weighted by atomic mass is 19.1. The SMILES string of the molecule is CC1=NCC(C(=O)N(CCC2CCC3(CC2)OCCO3)Cc2ccccc2F)=C1. The molecular weight excluding hydrogens is 371 g/mol. The van der Waals surface area contributed by atoms with Crippen molar-refractivity contribution in [2.75, 3.05) is 26.3 Å². The lowest BCUT2D eigenvalue weighted by Gasteiger charge is -2.36. The number of benzene rings is 1. The van der Waals surface area contributed by atoms with Crippen molar-refractivity contribution in [2.24, 2.45) is 10.9 Å². The van der Waals surface area contributed by atoms with Gasteiger partial charge < -0.3 is 14.4 Å². The largest absolute Gasteiger partial charge is 0.348 e. The van der Waals surface area contributed by atoms with Crippen LogP contribution in [0.3, 0.4) is 0 Å². The van der Waals surface area contributed by atoms with Gasteiger partial charge in [0.05, 0.1) is 19.8 Å². The second kappa shape index (κ2) is 8.76. The number of rotatable bonds is 6. The van der Waals surface area contributed by atoms with E-state index in [9.17, 15) is 9.18 Å². The van der Waals surface area contributed by atoms with Gasteiger partial charge in [0.1, 0.15) is 5.82 Å². The van der Waals surface area contributed by atoms with E-state index in [0.29, 0.717) is 43.4 Å². The van der Waals surface area contributed by atoms with Crippen LogP contribution < -0.4 is 0 Å². The standard InChI is InChI=1S/C23H29FN2O3/c1-17-14-20(15-25-17)22(27)26(16-19-4-2-3-5-21(19)24)11-8-18-6-9-23(10-7-18)28-12-13-29-23/h2-5,14,18H,6-13,15-16H2,1H3. The second-order valence-corrected chi connectivity index (χ2v) is 8.28. The number of amides is 1. The number of hydrogen-bond acceptors (Lipinski definition) is 4. The molecule has 0 bridgehead atoms. The van der Waals surface area contributed by atoms with Gasteiger partial charge in [0.2, 0.25) is 0 Å². The molecule has 1 amide bonds. The van der Waals surface area contributed by atoms with Crippen LogP contribution in [0.15, 0.2) is 40.9 Å². The molecule has 1 aliphatic carbocycles. The highest BCUT2D eigenvalue weighted by molar-refractivity contribution is 6.06. The van der Waals surface area contributed by atoms with E-state index in [0.717, 1.165) is 37.8 Å². The normalized spacial score (nSPS) is 21.3. The molecule has 2 heterocycles. The minimum atomic E-state index is -0.358. The van der Waals surface area contributed by atoms with E-state index < -0.39 is 0 Å². The molecule has 6 heteroatoms. The lowest BCUT2D eigenvalue weighted by molar-refractivity contribution is -0.182. The Balaban J connectivity index is 1.39. The maximum atomic E-state index is 14.2. The quantitative estimate of drug-likeness (QED) is 0.728. The van der Waals surface area contributed by atoms with E-state index in [-0.39, 0.29) is 24.1 Å². The number of aliphatic imine (C=N–C) groups is 1. The minimum absolute atomic E-state index is 0.0383. The molecule has 4 rings (SSSR count). The van der Waals surface area contributed by atoms with Gasteiger partial charge in [0, 0.05) is 42.8 Å². The van der Waals surface area contributed by atoms with Gasteiger partial charge in [-0.15, -0.1) is 0 Å². The van der Waals surface area contributed by atoms with Gasteiger partial charge in [-0.1, -0.05) is 18.2 Å². The Bertz CT molecular complexity index is 804. The van der Waals surface area contributed by atoms with Crippen LogP contribution in [0.1, 0.15) is 44.6 Å². The van der Waals surface area contributed by atoms with Crippen LogP contribution in [0.2, 0.25) is 0 Å². The Morgan fingerprint density at radius 3 is 2.62 bits per heavy atom. The molecule has 1 aromatic rings. The van der Waals surface area contributed by atoms with Crippen molar-refractivity contribution in [2.45, 2.75) is 51.4 Å². The number of ether oxygens (including phenoxy) is 2. The molecule has 0 radical (unpaired) electrons. The van der Waals surface area contributed by atoms with Gasteiger partial charge in [-0.25, -0.2) is 4.39 Å². The number of carbonyl (C=O) groups is 1. The third kappa shape index (κ3) is 4.75. The molecule has 1 aromatic carbocycles. The van der Waals surface area contributed by atoms with Crippen LogP contribution in [-0.2, 0) is 20.8 Å². The Hall–Kier alpha value is -2.05. The molecule has 0 atom stereocenters. The van der Waals surface area contributed by atoms with E-state index in [4.69, 9.17) is 9.47 Å². The zero-order valence-corrected chi connectivity index (χ0v) is 17.0. The van der Waals surface area contributed by atoms with Crippen molar-refractivity contribution in [1.82, 2.24) is 4.90 Å². The lowest BCUT2D eigenvalue weighted by atomic mass is 9.83. The summed E-state index contributed by atoms with van der Waals surface area (Å²) in [5.41, 5.74) is 2.11. The monoisotopic (exact) mass is 400 g/mol. The van der Waals surface area contributed by atoms with E-state index in [1.807, 2.05) is 19.1 Å². The van der Waals surface area contributed by atoms with Gasteiger partial charge >= 0.3 is 0 Å². The van der Waals surface area contributed by atoms with Crippen LogP contribution >= 0.6 is 0 Å². The smallest absolute Gasteiger partial charge is 0.252 e. The third-order valence-corrected chi connectivity index (χ3v) is 6.25. The van der Waals surface area contributed by atoms with Gasteiger partial charge in [-0.2, -0.15) is 0 Å². The van der Waals surface area contributed by atoms with Gasteiger partial charge in [-0.3, -0.25) is 9.79 Å². The minimum Gasteiger partial charge on any atom is -0.348 e. The highest BCUT2D eigenvalue weighted by Gasteiger charge is 2.40. The topological polar surface area (TPSA) is 51.1 Å².